The number of hydrogen-bond donors (Lipinski definition) is 1. The van der Waals surface area contributed by atoms with Crippen LogP contribution in [0.15, 0.2) is 0 Å². The van der Waals surface area contributed by atoms with Gasteiger partial charge in [0.25, 0.3) is 0 Å². The van der Waals surface area contributed by atoms with Crippen LogP contribution in [0, 0.1) is 11.8 Å². The minimum atomic E-state index is 0.164. The zero-order valence-electron chi connectivity index (χ0n) is 10.1. The molecule has 0 radical (unpaired) electrons. The number of anilines is 1. The zero-order valence-corrected chi connectivity index (χ0v) is 10.9. The van der Waals surface area contributed by atoms with Crippen LogP contribution in [0.5, 0.6) is 6.01 Å². The highest BCUT2D eigenvalue weighted by molar-refractivity contribution is 6.28. The van der Waals surface area contributed by atoms with Gasteiger partial charge in [-0.3, -0.25) is 0 Å². The highest BCUT2D eigenvalue weighted by atomic mass is 35.5. The summed E-state index contributed by atoms with van der Waals surface area (Å²) in [6, 6.07) is 0.290. The normalized spacial score (nSPS) is 22.3. The van der Waals surface area contributed by atoms with Crippen molar-refractivity contribution in [3.8, 4) is 6.01 Å². The van der Waals surface area contributed by atoms with Crippen molar-refractivity contribution >= 4 is 17.5 Å². The highest BCUT2D eigenvalue weighted by Crippen LogP contribution is 2.37. The van der Waals surface area contributed by atoms with Gasteiger partial charge in [0.05, 0.1) is 6.61 Å². The van der Waals surface area contributed by atoms with Crippen molar-refractivity contribution in [2.45, 2.75) is 26.7 Å². The average Bonchev–Trinajstić information content (AvgIpc) is 2.99. The quantitative estimate of drug-likeness (QED) is 0.847. The Morgan fingerprint density at radius 2 is 2.18 bits per heavy atom. The molecule has 0 spiro atoms. The van der Waals surface area contributed by atoms with Crippen molar-refractivity contribution in [2.24, 2.45) is 11.8 Å². The van der Waals surface area contributed by atoms with Crippen molar-refractivity contribution in [2.75, 3.05) is 18.5 Å². The SMILES string of the molecule is CCCOc1nc(Cl)nc(NCC2CC2C)n1. The standard InChI is InChI=1S/C11H17ClN4O/c1-3-4-17-11-15-9(12)14-10(16-11)13-6-8-5-7(8)2/h7-8H,3-6H2,1-2H3,(H,13,14,15,16). The predicted molar refractivity (Wildman–Crippen MR) is 66.4 cm³/mol. The van der Waals surface area contributed by atoms with E-state index in [1.54, 1.807) is 0 Å². The van der Waals surface area contributed by atoms with Crippen LogP contribution in [0.25, 0.3) is 0 Å². The molecule has 1 aliphatic rings. The van der Waals surface area contributed by atoms with Gasteiger partial charge >= 0.3 is 6.01 Å². The molecule has 0 aliphatic heterocycles. The highest BCUT2D eigenvalue weighted by Gasteiger charge is 2.32. The molecule has 94 valence electrons. The fraction of sp³-hybridized carbons (Fsp3) is 0.727. The van der Waals surface area contributed by atoms with Crippen LogP contribution in [0.1, 0.15) is 26.7 Å². The van der Waals surface area contributed by atoms with Gasteiger partial charge in [-0.2, -0.15) is 15.0 Å². The van der Waals surface area contributed by atoms with E-state index in [0.717, 1.165) is 24.8 Å². The van der Waals surface area contributed by atoms with E-state index in [0.29, 0.717) is 12.6 Å². The lowest BCUT2D eigenvalue weighted by atomic mass is 10.3. The van der Waals surface area contributed by atoms with Crippen LogP contribution < -0.4 is 10.1 Å². The van der Waals surface area contributed by atoms with Gasteiger partial charge in [0, 0.05) is 6.54 Å². The minimum Gasteiger partial charge on any atom is -0.463 e. The summed E-state index contributed by atoms with van der Waals surface area (Å²) < 4.78 is 5.33. The molecule has 2 rings (SSSR count). The van der Waals surface area contributed by atoms with E-state index in [1.807, 2.05) is 6.92 Å². The van der Waals surface area contributed by atoms with Crippen LogP contribution in [0.4, 0.5) is 5.95 Å². The Kier molecular flexibility index (Phi) is 3.99. The van der Waals surface area contributed by atoms with Crippen LogP contribution in [0.3, 0.4) is 0 Å². The van der Waals surface area contributed by atoms with Crippen molar-refractivity contribution in [1.82, 2.24) is 15.0 Å². The summed E-state index contributed by atoms with van der Waals surface area (Å²) in [5.74, 6) is 2.02. The van der Waals surface area contributed by atoms with Gasteiger partial charge in [-0.25, -0.2) is 0 Å². The number of hydrogen-bond acceptors (Lipinski definition) is 5. The zero-order chi connectivity index (χ0) is 12.3. The smallest absolute Gasteiger partial charge is 0.322 e. The molecule has 1 fully saturated rings. The maximum Gasteiger partial charge on any atom is 0.322 e. The molecule has 0 amide bonds. The van der Waals surface area contributed by atoms with E-state index in [1.165, 1.54) is 6.42 Å². The predicted octanol–water partition coefficient (Wildman–Crippen LogP) is 2.38. The van der Waals surface area contributed by atoms with Crippen molar-refractivity contribution in [3.63, 3.8) is 0 Å². The van der Waals surface area contributed by atoms with Gasteiger partial charge in [-0.1, -0.05) is 13.8 Å². The second kappa shape index (κ2) is 5.49. The average molecular weight is 257 g/mol. The van der Waals surface area contributed by atoms with E-state index in [-0.39, 0.29) is 11.3 Å². The summed E-state index contributed by atoms with van der Waals surface area (Å²) in [4.78, 5) is 12.1. The van der Waals surface area contributed by atoms with E-state index in [9.17, 15) is 0 Å². The molecule has 1 heterocycles. The lowest BCUT2D eigenvalue weighted by Crippen LogP contribution is -2.10. The Morgan fingerprint density at radius 1 is 1.41 bits per heavy atom. The third-order valence-electron chi connectivity index (χ3n) is 2.82. The van der Waals surface area contributed by atoms with Crippen LogP contribution >= 0.6 is 11.6 Å². The van der Waals surface area contributed by atoms with E-state index in [2.05, 4.69) is 27.2 Å². The first-order valence-electron chi connectivity index (χ1n) is 5.97. The fourth-order valence-corrected chi connectivity index (χ4v) is 1.73. The second-order valence-corrected chi connectivity index (χ2v) is 4.75. The molecule has 1 aromatic heterocycles. The third kappa shape index (κ3) is 3.70. The van der Waals surface area contributed by atoms with Crippen LogP contribution in [-0.2, 0) is 0 Å². The number of rotatable bonds is 6. The molecule has 5 nitrogen and oxygen atoms in total. The first kappa shape index (κ1) is 12.4. The summed E-state index contributed by atoms with van der Waals surface area (Å²) in [5, 5.41) is 3.33. The van der Waals surface area contributed by atoms with Gasteiger partial charge in [0.15, 0.2) is 0 Å². The molecule has 2 unspecified atom stereocenters. The number of nitrogens with zero attached hydrogens (tertiary/aromatic N) is 3. The molecule has 17 heavy (non-hydrogen) atoms. The van der Waals surface area contributed by atoms with E-state index < -0.39 is 0 Å². The molecule has 1 aromatic rings. The van der Waals surface area contributed by atoms with E-state index in [4.69, 9.17) is 16.3 Å². The molecule has 6 heteroatoms. The lowest BCUT2D eigenvalue weighted by molar-refractivity contribution is 0.291. The Hall–Kier alpha value is -1.10. The maximum absolute atomic E-state index is 5.81. The molecule has 0 saturated heterocycles. The summed E-state index contributed by atoms with van der Waals surface area (Å²) in [6.45, 7) is 5.73. The number of aromatic nitrogens is 3. The molecule has 2 atom stereocenters. The summed E-state index contributed by atoms with van der Waals surface area (Å²) >= 11 is 5.81. The van der Waals surface area contributed by atoms with Crippen LogP contribution in [-0.4, -0.2) is 28.1 Å². The van der Waals surface area contributed by atoms with Gasteiger partial charge in [0.2, 0.25) is 11.2 Å². The lowest BCUT2D eigenvalue weighted by Gasteiger charge is -2.06. The van der Waals surface area contributed by atoms with Gasteiger partial charge in [0.1, 0.15) is 0 Å². The molecule has 0 bridgehead atoms. The largest absolute Gasteiger partial charge is 0.463 e. The Labute approximate surface area is 106 Å². The number of ether oxygens (including phenoxy) is 1. The minimum absolute atomic E-state index is 0.164. The fourth-order valence-electron chi connectivity index (χ4n) is 1.57. The topological polar surface area (TPSA) is 59.9 Å². The number of nitrogens with one attached hydrogen (secondary N) is 1. The van der Waals surface area contributed by atoms with Crippen molar-refractivity contribution in [1.29, 1.82) is 0 Å². The molecule has 0 aromatic carbocycles. The maximum atomic E-state index is 5.81. The van der Waals surface area contributed by atoms with Crippen LogP contribution in [0.2, 0.25) is 5.28 Å². The summed E-state index contributed by atoms with van der Waals surface area (Å²) in [7, 11) is 0. The summed E-state index contributed by atoms with van der Waals surface area (Å²) in [6.07, 6.45) is 2.18. The first-order valence-corrected chi connectivity index (χ1v) is 6.35. The Balaban J connectivity index is 1.93. The van der Waals surface area contributed by atoms with E-state index >= 15 is 0 Å². The molecular formula is C11H17ClN4O. The first-order chi connectivity index (χ1) is 8.19. The second-order valence-electron chi connectivity index (χ2n) is 4.41. The number of halogens is 1. The molecule has 1 N–H and O–H groups in total. The van der Waals surface area contributed by atoms with Crippen molar-refractivity contribution in [3.05, 3.63) is 5.28 Å². The molecular weight excluding hydrogens is 240 g/mol. The van der Waals surface area contributed by atoms with Gasteiger partial charge in [-0.05, 0) is 36.3 Å². The molecule has 1 aliphatic carbocycles. The summed E-state index contributed by atoms with van der Waals surface area (Å²) in [5.41, 5.74) is 0. The third-order valence-corrected chi connectivity index (χ3v) is 2.99. The van der Waals surface area contributed by atoms with Gasteiger partial charge in [-0.15, -0.1) is 0 Å². The van der Waals surface area contributed by atoms with Crippen molar-refractivity contribution < 1.29 is 4.74 Å². The Morgan fingerprint density at radius 3 is 2.82 bits per heavy atom. The molecule has 1 saturated carbocycles. The Bertz CT molecular complexity index is 388. The monoisotopic (exact) mass is 256 g/mol. The van der Waals surface area contributed by atoms with Gasteiger partial charge < -0.3 is 10.1 Å².